The number of thiazole rings is 2. The molecule has 1 saturated heterocycles. The van der Waals surface area contributed by atoms with Crippen molar-refractivity contribution >= 4 is 44.8 Å². The number of nitrogens with zero attached hydrogens (tertiary/aromatic N) is 4. The van der Waals surface area contributed by atoms with Gasteiger partial charge in [-0.1, -0.05) is 0 Å². The number of nitrogens with one attached hydrogen (secondary N) is 1. The second-order valence-electron chi connectivity index (χ2n) is 5.22. The van der Waals surface area contributed by atoms with Crippen molar-refractivity contribution in [2.75, 3.05) is 30.4 Å². The van der Waals surface area contributed by atoms with Gasteiger partial charge in [-0.25, -0.2) is 9.97 Å². The van der Waals surface area contributed by atoms with Gasteiger partial charge in [-0.2, -0.15) is 0 Å². The van der Waals surface area contributed by atoms with Crippen molar-refractivity contribution in [3.63, 3.8) is 0 Å². The first kappa shape index (κ1) is 16.0. The number of aromatic nitrogens is 2. The summed E-state index contributed by atoms with van der Waals surface area (Å²) in [6, 6.07) is -0.285. The van der Waals surface area contributed by atoms with Crippen LogP contribution < -0.4 is 10.2 Å². The van der Waals surface area contributed by atoms with E-state index in [0.717, 1.165) is 19.4 Å². The smallest absolute Gasteiger partial charge is 0.243 e. The van der Waals surface area contributed by atoms with E-state index in [0.29, 0.717) is 10.3 Å². The minimum atomic E-state index is -0.285. The summed E-state index contributed by atoms with van der Waals surface area (Å²) in [4.78, 5) is 36.4. The average Bonchev–Trinajstić information content (AvgIpc) is 3.28. The normalized spacial score (nSPS) is 18.0. The predicted molar refractivity (Wildman–Crippen MR) is 90.9 cm³/mol. The number of carbonyl (C=O) groups excluding carboxylic acids is 2. The Morgan fingerprint density at radius 2 is 2.13 bits per heavy atom. The minimum absolute atomic E-state index is 0.0612. The first-order valence-electron chi connectivity index (χ1n) is 7.25. The number of hydrogen-bond donors (Lipinski definition) is 1. The van der Waals surface area contributed by atoms with Crippen molar-refractivity contribution in [1.29, 1.82) is 0 Å². The Labute approximate surface area is 142 Å². The van der Waals surface area contributed by atoms with Crippen LogP contribution in [0.3, 0.4) is 0 Å². The molecule has 7 nitrogen and oxygen atoms in total. The number of hydrogen-bond acceptors (Lipinski definition) is 7. The monoisotopic (exact) mass is 351 g/mol. The Hall–Kier alpha value is -1.84. The number of carbonyl (C=O) groups is 2. The number of rotatable bonds is 5. The largest absolute Gasteiger partial charge is 0.301 e. The molecule has 0 radical (unpaired) electrons. The van der Waals surface area contributed by atoms with Crippen LogP contribution in [0.5, 0.6) is 0 Å². The van der Waals surface area contributed by atoms with Crippen LogP contribution in [-0.4, -0.2) is 52.9 Å². The van der Waals surface area contributed by atoms with E-state index in [2.05, 4.69) is 15.3 Å². The maximum Gasteiger partial charge on any atom is 0.243 e. The quantitative estimate of drug-likeness (QED) is 0.886. The second kappa shape index (κ2) is 7.16. The third-order valence-electron chi connectivity index (χ3n) is 3.75. The van der Waals surface area contributed by atoms with Crippen LogP contribution in [0.15, 0.2) is 23.2 Å². The van der Waals surface area contributed by atoms with Crippen LogP contribution in [-0.2, 0) is 9.59 Å². The van der Waals surface area contributed by atoms with Gasteiger partial charge in [0.2, 0.25) is 11.8 Å². The number of amides is 2. The third kappa shape index (κ3) is 3.74. The van der Waals surface area contributed by atoms with E-state index in [9.17, 15) is 9.59 Å². The van der Waals surface area contributed by atoms with Crippen molar-refractivity contribution in [2.24, 2.45) is 0 Å². The molecule has 1 aliphatic heterocycles. The molecular formula is C14H17N5O2S2. The summed E-state index contributed by atoms with van der Waals surface area (Å²) in [5.41, 5.74) is 0. The van der Waals surface area contributed by atoms with E-state index in [1.54, 1.807) is 24.3 Å². The molecule has 122 valence electrons. The summed E-state index contributed by atoms with van der Waals surface area (Å²) in [6.07, 6.45) is 4.98. The summed E-state index contributed by atoms with van der Waals surface area (Å²) < 4.78 is 0. The molecule has 1 aliphatic rings. The number of likely N-dealkylation sites (N-methyl/N-ethyl adjacent to an activating group) is 1. The van der Waals surface area contributed by atoms with Crippen LogP contribution in [0.25, 0.3) is 0 Å². The van der Waals surface area contributed by atoms with Gasteiger partial charge in [0, 0.05) is 30.2 Å². The predicted octanol–water partition coefficient (Wildman–Crippen LogP) is 1.67. The van der Waals surface area contributed by atoms with E-state index in [-0.39, 0.29) is 24.4 Å². The SMILES string of the molecule is CN(C(=O)CN1CCCC1C(=O)Nc1nccs1)c1nccs1. The van der Waals surface area contributed by atoms with Gasteiger partial charge in [0.15, 0.2) is 10.3 Å². The second-order valence-corrected chi connectivity index (χ2v) is 6.99. The molecule has 3 rings (SSSR count). The van der Waals surface area contributed by atoms with Gasteiger partial charge < -0.3 is 5.32 Å². The zero-order valence-electron chi connectivity index (χ0n) is 12.6. The van der Waals surface area contributed by atoms with Gasteiger partial charge in [-0.15, -0.1) is 22.7 Å². The van der Waals surface area contributed by atoms with Gasteiger partial charge in [-0.05, 0) is 19.4 Å². The van der Waals surface area contributed by atoms with Gasteiger partial charge in [0.25, 0.3) is 0 Å². The fourth-order valence-electron chi connectivity index (χ4n) is 2.55. The molecule has 2 amide bonds. The van der Waals surface area contributed by atoms with Crippen molar-refractivity contribution < 1.29 is 9.59 Å². The van der Waals surface area contributed by atoms with Crippen LogP contribution >= 0.6 is 22.7 Å². The van der Waals surface area contributed by atoms with Crippen LogP contribution in [0.2, 0.25) is 0 Å². The topological polar surface area (TPSA) is 78.4 Å². The summed E-state index contributed by atoms with van der Waals surface area (Å²) >= 11 is 2.80. The first-order valence-corrected chi connectivity index (χ1v) is 9.01. The molecular weight excluding hydrogens is 334 g/mol. The Balaban J connectivity index is 1.60. The van der Waals surface area contributed by atoms with E-state index >= 15 is 0 Å². The highest BCUT2D eigenvalue weighted by Crippen LogP contribution is 2.21. The molecule has 2 aromatic heterocycles. The molecule has 9 heteroatoms. The minimum Gasteiger partial charge on any atom is -0.301 e. The summed E-state index contributed by atoms with van der Waals surface area (Å²) in [6.45, 7) is 0.958. The van der Waals surface area contributed by atoms with Gasteiger partial charge >= 0.3 is 0 Å². The zero-order valence-corrected chi connectivity index (χ0v) is 14.3. The molecule has 23 heavy (non-hydrogen) atoms. The van der Waals surface area contributed by atoms with Crippen molar-refractivity contribution in [2.45, 2.75) is 18.9 Å². The standard InChI is InChI=1S/C14H17N5O2S2/c1-18(14-16-5-8-23-14)11(20)9-19-6-2-3-10(19)12(21)17-13-15-4-7-22-13/h4-5,7-8,10H,2-3,6,9H2,1H3,(H,15,17,21). The Morgan fingerprint density at radius 1 is 1.35 bits per heavy atom. The van der Waals surface area contributed by atoms with E-state index < -0.39 is 0 Å². The molecule has 1 atom stereocenters. The average molecular weight is 351 g/mol. The summed E-state index contributed by atoms with van der Waals surface area (Å²) in [5.74, 6) is -0.156. The van der Waals surface area contributed by atoms with E-state index in [4.69, 9.17) is 0 Å². The zero-order chi connectivity index (χ0) is 16.2. The number of anilines is 2. The molecule has 0 aliphatic carbocycles. The highest BCUT2D eigenvalue weighted by molar-refractivity contribution is 7.14. The van der Waals surface area contributed by atoms with E-state index in [1.807, 2.05) is 15.7 Å². The Morgan fingerprint density at radius 3 is 2.83 bits per heavy atom. The third-order valence-corrected chi connectivity index (χ3v) is 5.28. The fourth-order valence-corrected chi connectivity index (χ4v) is 3.71. The molecule has 2 aromatic rings. The van der Waals surface area contributed by atoms with Crippen LogP contribution in [0, 0.1) is 0 Å². The van der Waals surface area contributed by atoms with Crippen molar-refractivity contribution in [1.82, 2.24) is 14.9 Å². The maximum atomic E-state index is 12.4. The van der Waals surface area contributed by atoms with E-state index in [1.165, 1.54) is 22.7 Å². The highest BCUT2D eigenvalue weighted by atomic mass is 32.1. The van der Waals surface area contributed by atoms with Crippen molar-refractivity contribution in [3.05, 3.63) is 23.2 Å². The molecule has 3 heterocycles. The lowest BCUT2D eigenvalue weighted by Gasteiger charge is -2.24. The van der Waals surface area contributed by atoms with Gasteiger partial charge in [0.1, 0.15) is 0 Å². The summed E-state index contributed by atoms with van der Waals surface area (Å²) in [7, 11) is 1.71. The Bertz CT molecular complexity index is 659. The molecule has 0 aromatic carbocycles. The molecule has 0 spiro atoms. The van der Waals surface area contributed by atoms with Crippen LogP contribution in [0.1, 0.15) is 12.8 Å². The lowest BCUT2D eigenvalue weighted by molar-refractivity contribution is -0.123. The summed E-state index contributed by atoms with van der Waals surface area (Å²) in [5, 5.41) is 7.72. The molecule has 0 saturated carbocycles. The molecule has 1 unspecified atom stereocenters. The lowest BCUT2D eigenvalue weighted by atomic mass is 10.2. The maximum absolute atomic E-state index is 12.4. The fraction of sp³-hybridized carbons (Fsp3) is 0.429. The Kier molecular flexibility index (Phi) is 4.99. The first-order chi connectivity index (χ1) is 11.1. The van der Waals surface area contributed by atoms with Gasteiger partial charge in [0.05, 0.1) is 12.6 Å². The lowest BCUT2D eigenvalue weighted by Crippen LogP contribution is -2.45. The molecule has 1 fully saturated rings. The van der Waals surface area contributed by atoms with Crippen molar-refractivity contribution in [3.8, 4) is 0 Å². The van der Waals surface area contributed by atoms with Gasteiger partial charge in [-0.3, -0.25) is 19.4 Å². The molecule has 1 N–H and O–H groups in total. The number of likely N-dealkylation sites (tertiary alicyclic amines) is 1. The highest BCUT2D eigenvalue weighted by Gasteiger charge is 2.33. The van der Waals surface area contributed by atoms with Crippen LogP contribution in [0.4, 0.5) is 10.3 Å². The molecule has 0 bridgehead atoms.